The van der Waals surface area contributed by atoms with E-state index in [1.54, 1.807) is 12.1 Å². The largest absolute Gasteiger partial charge is 0.478 e. The molecular weight excluding hydrogens is 263 g/mol. The first-order valence-electron chi connectivity index (χ1n) is 6.26. The van der Waals surface area contributed by atoms with Gasteiger partial charge in [-0.15, -0.1) is 0 Å². The van der Waals surface area contributed by atoms with Crippen molar-refractivity contribution in [3.63, 3.8) is 0 Å². The Morgan fingerprint density at radius 3 is 2.84 bits per heavy atom. The first kappa shape index (κ1) is 15.8. The predicted octanol–water partition coefficient (Wildman–Crippen LogP) is 4.20. The summed E-state index contributed by atoms with van der Waals surface area (Å²) in [7, 11) is 0. The molecule has 0 aliphatic rings. The van der Waals surface area contributed by atoms with Crippen molar-refractivity contribution in [1.82, 2.24) is 0 Å². The summed E-state index contributed by atoms with van der Waals surface area (Å²) in [6, 6.07) is 4.84. The van der Waals surface area contributed by atoms with Crippen LogP contribution in [0.2, 0.25) is 0 Å². The monoisotopic (exact) mass is 282 g/mol. The number of carboxylic acid groups (broad SMARTS) is 1. The summed E-state index contributed by atoms with van der Waals surface area (Å²) in [5.41, 5.74) is 1.34. The topological polar surface area (TPSA) is 37.3 Å². The Morgan fingerprint density at radius 1 is 1.47 bits per heavy atom. The van der Waals surface area contributed by atoms with Gasteiger partial charge in [-0.05, 0) is 41.9 Å². The summed E-state index contributed by atoms with van der Waals surface area (Å²) in [4.78, 5) is 10.4. The van der Waals surface area contributed by atoms with Crippen LogP contribution in [-0.4, -0.2) is 16.8 Å². The van der Waals surface area contributed by atoms with E-state index in [1.807, 2.05) is 11.8 Å². The Morgan fingerprint density at radius 2 is 2.21 bits per heavy atom. The quantitative estimate of drug-likeness (QED) is 0.601. The highest BCUT2D eigenvalue weighted by molar-refractivity contribution is 7.98. The minimum atomic E-state index is -1.07. The summed E-state index contributed by atoms with van der Waals surface area (Å²) in [6.45, 7) is 4.38. The van der Waals surface area contributed by atoms with Gasteiger partial charge in [-0.3, -0.25) is 0 Å². The Kier molecular flexibility index (Phi) is 6.64. The molecule has 1 aromatic rings. The average molecular weight is 282 g/mol. The number of rotatable bonds is 7. The van der Waals surface area contributed by atoms with Gasteiger partial charge in [0.15, 0.2) is 0 Å². The number of hydrogen-bond acceptors (Lipinski definition) is 2. The third kappa shape index (κ3) is 6.43. The van der Waals surface area contributed by atoms with Gasteiger partial charge in [-0.1, -0.05) is 19.9 Å². The Balaban J connectivity index is 2.60. The van der Waals surface area contributed by atoms with Gasteiger partial charge in [0.25, 0.3) is 0 Å². The lowest BCUT2D eigenvalue weighted by Crippen LogP contribution is -1.92. The maximum atomic E-state index is 13.5. The highest BCUT2D eigenvalue weighted by atomic mass is 32.2. The Labute approximate surface area is 117 Å². The summed E-state index contributed by atoms with van der Waals surface area (Å²) < 4.78 is 13.5. The first-order valence-corrected chi connectivity index (χ1v) is 7.41. The molecule has 0 aliphatic carbocycles. The minimum absolute atomic E-state index is 0.323. The van der Waals surface area contributed by atoms with Crippen LogP contribution >= 0.6 is 11.8 Å². The lowest BCUT2D eigenvalue weighted by molar-refractivity contribution is -0.131. The van der Waals surface area contributed by atoms with E-state index >= 15 is 0 Å². The Bertz CT molecular complexity index is 455. The van der Waals surface area contributed by atoms with E-state index in [9.17, 15) is 9.18 Å². The molecule has 0 aromatic heterocycles. The fraction of sp³-hybridized carbons (Fsp3) is 0.400. The molecule has 1 rings (SSSR count). The number of carboxylic acids is 1. The highest BCUT2D eigenvalue weighted by Gasteiger charge is 2.02. The molecule has 0 spiro atoms. The van der Waals surface area contributed by atoms with E-state index in [0.717, 1.165) is 29.6 Å². The molecule has 1 N–H and O–H groups in total. The molecule has 4 heteroatoms. The van der Waals surface area contributed by atoms with Crippen molar-refractivity contribution in [2.45, 2.75) is 26.0 Å². The number of aliphatic carboxylic acids is 1. The van der Waals surface area contributed by atoms with Gasteiger partial charge in [0.1, 0.15) is 5.82 Å². The maximum absolute atomic E-state index is 13.5. The molecule has 0 unspecified atom stereocenters. The number of benzene rings is 1. The third-order valence-electron chi connectivity index (χ3n) is 2.57. The van der Waals surface area contributed by atoms with Crippen LogP contribution in [0.1, 0.15) is 31.4 Å². The summed E-state index contributed by atoms with van der Waals surface area (Å²) in [6.07, 6.45) is 3.41. The Hall–Kier alpha value is -1.29. The van der Waals surface area contributed by atoms with Gasteiger partial charge in [0.2, 0.25) is 0 Å². The molecule has 0 amide bonds. The van der Waals surface area contributed by atoms with Gasteiger partial charge >= 0.3 is 5.97 Å². The third-order valence-corrected chi connectivity index (χ3v) is 3.64. The van der Waals surface area contributed by atoms with Crippen LogP contribution in [-0.2, 0) is 10.5 Å². The lowest BCUT2D eigenvalue weighted by atomic mass is 10.1. The highest BCUT2D eigenvalue weighted by Crippen LogP contribution is 2.19. The average Bonchev–Trinajstić information content (AvgIpc) is 2.34. The summed E-state index contributed by atoms with van der Waals surface area (Å²) >= 11 is 1.81. The van der Waals surface area contributed by atoms with E-state index in [0.29, 0.717) is 11.5 Å². The molecule has 0 atom stereocenters. The lowest BCUT2D eigenvalue weighted by Gasteiger charge is -2.06. The number of halogens is 1. The zero-order valence-electron chi connectivity index (χ0n) is 11.2. The van der Waals surface area contributed by atoms with Gasteiger partial charge in [-0.2, -0.15) is 11.8 Å². The van der Waals surface area contributed by atoms with Gasteiger partial charge in [-0.25, -0.2) is 9.18 Å². The fourth-order valence-corrected chi connectivity index (χ4v) is 2.68. The van der Waals surface area contributed by atoms with E-state index in [-0.39, 0.29) is 0 Å². The molecule has 0 bridgehead atoms. The van der Waals surface area contributed by atoms with Crippen molar-refractivity contribution in [3.05, 3.63) is 41.2 Å². The van der Waals surface area contributed by atoms with Crippen LogP contribution < -0.4 is 0 Å². The van der Waals surface area contributed by atoms with Gasteiger partial charge in [0.05, 0.1) is 0 Å². The number of thioether (sulfide) groups is 1. The molecule has 0 saturated carbocycles. The van der Waals surface area contributed by atoms with Crippen molar-refractivity contribution in [2.75, 3.05) is 5.75 Å². The van der Waals surface area contributed by atoms with Crippen LogP contribution in [0.5, 0.6) is 0 Å². The second kappa shape index (κ2) is 8.00. The molecule has 0 radical (unpaired) electrons. The second-order valence-electron chi connectivity index (χ2n) is 4.76. The van der Waals surface area contributed by atoms with Crippen LogP contribution in [0.4, 0.5) is 4.39 Å². The molecule has 0 fully saturated rings. The molecule has 2 nitrogen and oxygen atoms in total. The summed E-state index contributed by atoms with van der Waals surface area (Å²) in [5.74, 6) is 1.12. The van der Waals surface area contributed by atoms with Crippen LogP contribution in [0.15, 0.2) is 24.3 Å². The minimum Gasteiger partial charge on any atom is -0.478 e. The standard InChI is InChI=1S/C15H19FO2S/c1-11(2)7-8-19-10-12-3-5-14(16)13(9-12)4-6-15(17)18/h3-6,9,11H,7-8,10H2,1-2H3,(H,17,18)/b6-4+. The van der Waals surface area contributed by atoms with Crippen molar-refractivity contribution in [2.24, 2.45) is 5.92 Å². The van der Waals surface area contributed by atoms with E-state index < -0.39 is 11.8 Å². The van der Waals surface area contributed by atoms with Crippen molar-refractivity contribution < 1.29 is 14.3 Å². The van der Waals surface area contributed by atoms with Crippen molar-refractivity contribution in [3.8, 4) is 0 Å². The predicted molar refractivity (Wildman–Crippen MR) is 78.7 cm³/mol. The van der Waals surface area contributed by atoms with Gasteiger partial charge in [0, 0.05) is 17.4 Å². The SMILES string of the molecule is CC(C)CCSCc1ccc(F)c(/C=C/C(=O)O)c1. The van der Waals surface area contributed by atoms with Crippen LogP contribution in [0.3, 0.4) is 0 Å². The smallest absolute Gasteiger partial charge is 0.328 e. The zero-order valence-corrected chi connectivity index (χ0v) is 12.0. The van der Waals surface area contributed by atoms with E-state index in [4.69, 9.17) is 5.11 Å². The zero-order chi connectivity index (χ0) is 14.3. The van der Waals surface area contributed by atoms with Crippen molar-refractivity contribution in [1.29, 1.82) is 0 Å². The molecule has 104 valence electrons. The van der Waals surface area contributed by atoms with Crippen molar-refractivity contribution >= 4 is 23.8 Å². The number of hydrogen-bond donors (Lipinski definition) is 1. The fourth-order valence-electron chi connectivity index (χ4n) is 1.48. The van der Waals surface area contributed by atoms with Crippen LogP contribution in [0, 0.1) is 11.7 Å². The first-order chi connectivity index (χ1) is 8.99. The normalized spacial score (nSPS) is 11.4. The van der Waals surface area contributed by atoms with Crippen LogP contribution in [0.25, 0.3) is 6.08 Å². The molecule has 0 aliphatic heterocycles. The maximum Gasteiger partial charge on any atom is 0.328 e. The van der Waals surface area contributed by atoms with E-state index in [2.05, 4.69) is 13.8 Å². The molecule has 19 heavy (non-hydrogen) atoms. The van der Waals surface area contributed by atoms with E-state index in [1.165, 1.54) is 12.1 Å². The molecular formula is C15H19FO2S. The summed E-state index contributed by atoms with van der Waals surface area (Å²) in [5, 5.41) is 8.55. The molecule has 0 saturated heterocycles. The van der Waals surface area contributed by atoms with Gasteiger partial charge < -0.3 is 5.11 Å². The molecule has 0 heterocycles. The second-order valence-corrected chi connectivity index (χ2v) is 5.87. The molecule has 1 aromatic carbocycles. The number of carbonyl (C=O) groups is 1.